The Hall–Kier alpha value is -1.61. The van der Waals surface area contributed by atoms with Gasteiger partial charge in [0.05, 0.1) is 6.54 Å². The minimum atomic E-state index is -5.30. The van der Waals surface area contributed by atoms with Gasteiger partial charge >= 0.3 is 15.5 Å². The fourth-order valence-corrected chi connectivity index (χ4v) is 3.65. The molecule has 8 nitrogen and oxygen atoms in total. The lowest BCUT2D eigenvalue weighted by Gasteiger charge is -2.32. The second-order valence-corrected chi connectivity index (χ2v) is 8.04. The molecular formula is C16H23F3IN5O3S. The van der Waals surface area contributed by atoms with Crippen molar-refractivity contribution in [3.63, 3.8) is 0 Å². The molecule has 0 unspecified atom stereocenters. The summed E-state index contributed by atoms with van der Waals surface area (Å²) in [6.07, 6.45) is 0.373. The second-order valence-electron chi connectivity index (χ2n) is 6.11. The van der Waals surface area contributed by atoms with Crippen molar-refractivity contribution in [3.05, 3.63) is 30.3 Å². The number of rotatable bonds is 5. The number of benzene rings is 1. The number of hydrogen-bond donors (Lipinski definition) is 3. The number of para-hydroxylation sites is 1. The maximum atomic E-state index is 12.6. The molecule has 13 heteroatoms. The predicted molar refractivity (Wildman–Crippen MR) is 115 cm³/mol. The standard InChI is InChI=1S/C16H22F3N5O3S.HI/c1-20-15(21-11-14(25)22-12-5-3-2-4-6-12)23-13-7-9-24(10-8-13)28(26,27)16(17,18)19;/h2-6,13H,7-11H2,1H3,(H,22,25)(H2,20,21,23);1H. The zero-order valence-electron chi connectivity index (χ0n) is 15.6. The summed E-state index contributed by atoms with van der Waals surface area (Å²) in [5.41, 5.74) is -4.65. The van der Waals surface area contributed by atoms with Crippen molar-refractivity contribution in [1.29, 1.82) is 0 Å². The highest BCUT2D eigenvalue weighted by molar-refractivity contribution is 14.0. The largest absolute Gasteiger partial charge is 0.511 e. The lowest BCUT2D eigenvalue weighted by molar-refractivity contribution is -0.115. The van der Waals surface area contributed by atoms with E-state index in [9.17, 15) is 26.4 Å². The predicted octanol–water partition coefficient (Wildman–Crippen LogP) is 1.72. The Morgan fingerprint density at radius 1 is 1.21 bits per heavy atom. The van der Waals surface area contributed by atoms with Gasteiger partial charge in [-0.05, 0) is 25.0 Å². The minimum absolute atomic E-state index is 0. The number of alkyl halides is 3. The molecule has 0 aliphatic carbocycles. The average Bonchev–Trinajstić information content (AvgIpc) is 2.65. The highest BCUT2D eigenvalue weighted by atomic mass is 127. The van der Waals surface area contributed by atoms with Gasteiger partial charge in [0.25, 0.3) is 0 Å². The topological polar surface area (TPSA) is 103 Å². The van der Waals surface area contributed by atoms with Crippen molar-refractivity contribution >= 4 is 51.6 Å². The lowest BCUT2D eigenvalue weighted by Crippen LogP contribution is -2.52. The quantitative estimate of drug-likeness (QED) is 0.295. The first-order valence-electron chi connectivity index (χ1n) is 8.52. The van der Waals surface area contributed by atoms with Crippen molar-refractivity contribution in [1.82, 2.24) is 14.9 Å². The molecule has 1 aliphatic rings. The molecule has 29 heavy (non-hydrogen) atoms. The number of aliphatic imine (C=N–C) groups is 1. The van der Waals surface area contributed by atoms with E-state index in [0.29, 0.717) is 16.0 Å². The number of hydrogen-bond acceptors (Lipinski definition) is 4. The van der Waals surface area contributed by atoms with Crippen molar-refractivity contribution < 1.29 is 26.4 Å². The molecule has 1 amide bonds. The normalized spacial score (nSPS) is 16.6. The fraction of sp³-hybridized carbons (Fsp3) is 0.500. The monoisotopic (exact) mass is 549 g/mol. The third kappa shape index (κ3) is 7.29. The van der Waals surface area contributed by atoms with Crippen LogP contribution >= 0.6 is 24.0 Å². The van der Waals surface area contributed by atoms with Gasteiger partial charge in [0.1, 0.15) is 0 Å². The van der Waals surface area contributed by atoms with E-state index in [1.807, 2.05) is 6.07 Å². The van der Waals surface area contributed by atoms with E-state index in [0.717, 1.165) is 0 Å². The van der Waals surface area contributed by atoms with Crippen molar-refractivity contribution in [2.24, 2.45) is 4.99 Å². The Labute approximate surface area is 184 Å². The van der Waals surface area contributed by atoms with Crippen LogP contribution in [0.4, 0.5) is 18.9 Å². The first kappa shape index (κ1) is 25.4. The van der Waals surface area contributed by atoms with Crippen LogP contribution < -0.4 is 16.0 Å². The molecule has 164 valence electrons. The molecule has 1 aromatic carbocycles. The summed E-state index contributed by atoms with van der Waals surface area (Å²) in [5, 5.41) is 8.51. The van der Waals surface area contributed by atoms with Crippen LogP contribution in [0.2, 0.25) is 0 Å². The molecule has 1 fully saturated rings. The summed E-state index contributed by atoms with van der Waals surface area (Å²) >= 11 is 0. The zero-order valence-corrected chi connectivity index (χ0v) is 18.7. The molecule has 1 saturated heterocycles. The summed E-state index contributed by atoms with van der Waals surface area (Å²) in [7, 11) is -3.81. The van der Waals surface area contributed by atoms with Crippen LogP contribution in [-0.2, 0) is 14.8 Å². The van der Waals surface area contributed by atoms with E-state index >= 15 is 0 Å². The number of anilines is 1. The summed E-state index contributed by atoms with van der Waals surface area (Å²) < 4.78 is 61.1. The van der Waals surface area contributed by atoms with Crippen LogP contribution in [0.3, 0.4) is 0 Å². The molecule has 0 aromatic heterocycles. The van der Waals surface area contributed by atoms with Crippen LogP contribution in [0.15, 0.2) is 35.3 Å². The van der Waals surface area contributed by atoms with E-state index < -0.39 is 15.5 Å². The molecule has 0 atom stereocenters. The van der Waals surface area contributed by atoms with E-state index in [4.69, 9.17) is 0 Å². The van der Waals surface area contributed by atoms with Crippen LogP contribution in [0.25, 0.3) is 0 Å². The molecule has 3 N–H and O–H groups in total. The highest BCUT2D eigenvalue weighted by Crippen LogP contribution is 2.28. The van der Waals surface area contributed by atoms with E-state index in [-0.39, 0.29) is 68.4 Å². The SMILES string of the molecule is CN=C(NCC(=O)Nc1ccccc1)NC1CCN(S(=O)(=O)C(F)(F)F)CC1.I. The Balaban J connectivity index is 0.00000420. The molecule has 1 aromatic rings. The second kappa shape index (κ2) is 11.0. The van der Waals surface area contributed by atoms with Gasteiger partial charge in [-0.3, -0.25) is 9.79 Å². The van der Waals surface area contributed by atoms with Crippen molar-refractivity contribution in [3.8, 4) is 0 Å². The van der Waals surface area contributed by atoms with Gasteiger partial charge < -0.3 is 16.0 Å². The van der Waals surface area contributed by atoms with Crippen LogP contribution in [0.5, 0.6) is 0 Å². The van der Waals surface area contributed by atoms with Crippen molar-refractivity contribution in [2.45, 2.75) is 24.4 Å². The molecule has 1 aliphatic heterocycles. The summed E-state index contributed by atoms with van der Waals surface area (Å²) in [6, 6.07) is 8.62. The molecule has 0 radical (unpaired) electrons. The Kier molecular flexibility index (Phi) is 9.61. The number of halogens is 4. The van der Waals surface area contributed by atoms with E-state index in [1.165, 1.54) is 7.05 Å². The molecular weight excluding hydrogens is 526 g/mol. The first-order chi connectivity index (χ1) is 13.1. The van der Waals surface area contributed by atoms with E-state index in [2.05, 4.69) is 20.9 Å². The van der Waals surface area contributed by atoms with Crippen LogP contribution in [-0.4, -0.2) is 62.8 Å². The van der Waals surface area contributed by atoms with Gasteiger partial charge in [-0.1, -0.05) is 18.2 Å². The molecule has 0 spiro atoms. The van der Waals surface area contributed by atoms with Crippen molar-refractivity contribution in [2.75, 3.05) is 32.0 Å². The first-order valence-corrected chi connectivity index (χ1v) is 9.96. The number of piperidine rings is 1. The number of nitrogens with zero attached hydrogens (tertiary/aromatic N) is 2. The van der Waals surface area contributed by atoms with E-state index in [1.54, 1.807) is 24.3 Å². The van der Waals surface area contributed by atoms with Crippen LogP contribution in [0, 0.1) is 0 Å². The van der Waals surface area contributed by atoms with Gasteiger partial charge in [-0.2, -0.15) is 17.5 Å². The number of amides is 1. The number of carbonyl (C=O) groups excluding carboxylic acids is 1. The maximum Gasteiger partial charge on any atom is 0.511 e. The van der Waals surface area contributed by atoms with Gasteiger partial charge in [0.2, 0.25) is 5.91 Å². The number of nitrogens with one attached hydrogen (secondary N) is 3. The number of guanidine groups is 1. The zero-order chi connectivity index (χ0) is 20.8. The summed E-state index contributed by atoms with van der Waals surface area (Å²) in [5.74, 6) is 0.0144. The highest BCUT2D eigenvalue weighted by Gasteiger charge is 2.50. The molecule has 0 saturated carbocycles. The summed E-state index contributed by atoms with van der Waals surface area (Å²) in [6.45, 7) is -0.550. The third-order valence-corrected chi connectivity index (χ3v) is 5.75. The number of sulfonamides is 1. The van der Waals surface area contributed by atoms with Gasteiger partial charge in [-0.25, -0.2) is 8.42 Å². The minimum Gasteiger partial charge on any atom is -0.354 e. The Morgan fingerprint density at radius 3 is 2.31 bits per heavy atom. The maximum absolute atomic E-state index is 12.6. The average molecular weight is 549 g/mol. The molecule has 2 rings (SSSR count). The lowest BCUT2D eigenvalue weighted by atomic mass is 10.1. The molecule has 1 heterocycles. The Morgan fingerprint density at radius 2 is 1.79 bits per heavy atom. The summed E-state index contributed by atoms with van der Waals surface area (Å²) in [4.78, 5) is 15.9. The van der Waals surface area contributed by atoms with Gasteiger partial charge in [0.15, 0.2) is 5.96 Å². The fourth-order valence-electron chi connectivity index (χ4n) is 2.67. The van der Waals surface area contributed by atoms with Gasteiger partial charge in [0, 0.05) is 31.9 Å². The molecule has 0 bridgehead atoms. The number of carbonyl (C=O) groups is 1. The smallest absolute Gasteiger partial charge is 0.354 e. The third-order valence-electron chi connectivity index (χ3n) is 4.12. The Bertz CT molecular complexity index is 798. The van der Waals surface area contributed by atoms with Gasteiger partial charge in [-0.15, -0.1) is 24.0 Å². The van der Waals surface area contributed by atoms with Crippen LogP contribution in [0.1, 0.15) is 12.8 Å².